The molecule has 1 heterocycles. The van der Waals surface area contributed by atoms with Gasteiger partial charge in [-0.3, -0.25) is 19.3 Å². The highest BCUT2D eigenvalue weighted by molar-refractivity contribution is 7.71. The fourth-order valence-electron chi connectivity index (χ4n) is 3.58. The van der Waals surface area contributed by atoms with E-state index in [-0.39, 0.29) is 11.9 Å². The number of nitrogens with two attached hydrogens (primary N) is 1. The molecule has 1 saturated carbocycles. The molecule has 1 fully saturated rings. The third-order valence-electron chi connectivity index (χ3n) is 5.52. The van der Waals surface area contributed by atoms with Crippen LogP contribution in [0.3, 0.4) is 0 Å². The zero-order valence-electron chi connectivity index (χ0n) is 17.4. The highest BCUT2D eigenvalue weighted by Crippen LogP contribution is 2.29. The first-order valence-electron chi connectivity index (χ1n) is 10.3. The SMILES string of the molecule is Cc1ccc(-c2n[nH]c(=S)n2CCC(=O)N(Cc2ccc(C(N)=O)cc2)C2CC2)cc1. The molecular weight excluding hydrogens is 410 g/mol. The number of nitrogens with zero attached hydrogens (tertiary/aromatic N) is 3. The van der Waals surface area contributed by atoms with Crippen LogP contribution in [0.4, 0.5) is 0 Å². The lowest BCUT2D eigenvalue weighted by molar-refractivity contribution is -0.132. The van der Waals surface area contributed by atoms with Gasteiger partial charge >= 0.3 is 0 Å². The minimum Gasteiger partial charge on any atom is -0.366 e. The van der Waals surface area contributed by atoms with Crippen molar-refractivity contribution in [1.29, 1.82) is 0 Å². The van der Waals surface area contributed by atoms with Gasteiger partial charge in [-0.1, -0.05) is 42.0 Å². The van der Waals surface area contributed by atoms with Gasteiger partial charge in [0, 0.05) is 36.7 Å². The first-order valence-corrected chi connectivity index (χ1v) is 10.7. The average Bonchev–Trinajstić information content (AvgIpc) is 3.54. The number of hydrogen-bond acceptors (Lipinski definition) is 4. The van der Waals surface area contributed by atoms with E-state index < -0.39 is 5.91 Å². The molecule has 2 amide bonds. The Labute approximate surface area is 185 Å². The quantitative estimate of drug-likeness (QED) is 0.528. The van der Waals surface area contributed by atoms with Gasteiger partial charge in [0.1, 0.15) is 0 Å². The Morgan fingerprint density at radius 3 is 2.45 bits per heavy atom. The Morgan fingerprint density at radius 2 is 1.84 bits per heavy atom. The smallest absolute Gasteiger partial charge is 0.248 e. The molecular formula is C23H25N5O2S. The molecule has 31 heavy (non-hydrogen) atoms. The number of benzene rings is 2. The van der Waals surface area contributed by atoms with Crippen LogP contribution in [0.1, 0.15) is 40.7 Å². The number of H-pyrrole nitrogens is 1. The van der Waals surface area contributed by atoms with Crippen molar-refractivity contribution in [1.82, 2.24) is 19.7 Å². The van der Waals surface area contributed by atoms with E-state index in [0.717, 1.165) is 29.8 Å². The van der Waals surface area contributed by atoms with Gasteiger partial charge in [-0.05, 0) is 49.7 Å². The number of hydrogen-bond donors (Lipinski definition) is 2. The lowest BCUT2D eigenvalue weighted by Gasteiger charge is -2.23. The summed E-state index contributed by atoms with van der Waals surface area (Å²) >= 11 is 5.40. The van der Waals surface area contributed by atoms with E-state index in [4.69, 9.17) is 18.0 Å². The maximum Gasteiger partial charge on any atom is 0.248 e. The van der Waals surface area contributed by atoms with Crippen molar-refractivity contribution in [3.8, 4) is 11.4 Å². The van der Waals surface area contributed by atoms with Crippen LogP contribution >= 0.6 is 12.2 Å². The molecule has 3 aromatic rings. The predicted octanol–water partition coefficient (Wildman–Crippen LogP) is 3.60. The van der Waals surface area contributed by atoms with Crippen LogP contribution in [0.5, 0.6) is 0 Å². The topological polar surface area (TPSA) is 97.0 Å². The fourth-order valence-corrected chi connectivity index (χ4v) is 3.80. The molecule has 0 saturated heterocycles. The summed E-state index contributed by atoms with van der Waals surface area (Å²) in [6.45, 7) is 3.01. The second-order valence-corrected chi connectivity index (χ2v) is 8.32. The first kappa shape index (κ1) is 21.0. The minimum absolute atomic E-state index is 0.0828. The molecule has 7 nitrogen and oxygen atoms in total. The van der Waals surface area contributed by atoms with Crippen LogP contribution in [0.2, 0.25) is 0 Å². The van der Waals surface area contributed by atoms with E-state index in [1.807, 2.05) is 52.8 Å². The number of rotatable bonds is 8. The van der Waals surface area contributed by atoms with Crippen LogP contribution in [0.15, 0.2) is 48.5 Å². The normalized spacial score (nSPS) is 13.2. The summed E-state index contributed by atoms with van der Waals surface area (Å²) in [6, 6.07) is 15.4. The second-order valence-electron chi connectivity index (χ2n) is 7.93. The van der Waals surface area contributed by atoms with Gasteiger partial charge in [-0.25, -0.2) is 0 Å². The average molecular weight is 436 g/mol. The Bertz CT molecular complexity index is 1140. The van der Waals surface area contributed by atoms with E-state index in [2.05, 4.69) is 10.2 Å². The lowest BCUT2D eigenvalue weighted by Crippen LogP contribution is -2.33. The summed E-state index contributed by atoms with van der Waals surface area (Å²) < 4.78 is 2.38. The number of primary amides is 1. The van der Waals surface area contributed by atoms with Crippen molar-refractivity contribution in [3.63, 3.8) is 0 Å². The van der Waals surface area contributed by atoms with Crippen LogP contribution < -0.4 is 5.73 Å². The van der Waals surface area contributed by atoms with Crippen molar-refractivity contribution in [2.75, 3.05) is 0 Å². The molecule has 0 aliphatic heterocycles. The fraction of sp³-hybridized carbons (Fsp3) is 0.304. The summed E-state index contributed by atoms with van der Waals surface area (Å²) in [4.78, 5) is 26.3. The van der Waals surface area contributed by atoms with Gasteiger partial charge in [0.05, 0.1) is 0 Å². The van der Waals surface area contributed by atoms with Crippen molar-refractivity contribution in [3.05, 3.63) is 70.0 Å². The Kier molecular flexibility index (Phi) is 5.99. The molecule has 0 spiro atoms. The van der Waals surface area contributed by atoms with Crippen molar-refractivity contribution < 1.29 is 9.59 Å². The molecule has 3 N–H and O–H groups in total. The maximum atomic E-state index is 13.1. The van der Waals surface area contributed by atoms with E-state index in [9.17, 15) is 9.59 Å². The van der Waals surface area contributed by atoms with Gasteiger partial charge in [0.2, 0.25) is 11.8 Å². The molecule has 8 heteroatoms. The molecule has 0 bridgehead atoms. The molecule has 2 aromatic carbocycles. The number of amides is 2. The first-order chi connectivity index (χ1) is 14.9. The van der Waals surface area contributed by atoms with Crippen molar-refractivity contribution in [2.45, 2.75) is 45.3 Å². The number of aromatic amines is 1. The molecule has 0 atom stereocenters. The van der Waals surface area contributed by atoms with E-state index in [1.165, 1.54) is 5.56 Å². The maximum absolute atomic E-state index is 13.1. The van der Waals surface area contributed by atoms with Crippen molar-refractivity contribution >= 4 is 24.0 Å². The summed E-state index contributed by atoms with van der Waals surface area (Å²) in [7, 11) is 0. The summed E-state index contributed by atoms with van der Waals surface area (Å²) in [5.74, 6) is 0.361. The Hall–Kier alpha value is -3.26. The van der Waals surface area contributed by atoms with E-state index in [0.29, 0.717) is 29.8 Å². The number of carbonyl (C=O) groups excluding carboxylic acids is 2. The van der Waals surface area contributed by atoms with Crippen LogP contribution in [-0.4, -0.2) is 37.5 Å². The highest BCUT2D eigenvalue weighted by Gasteiger charge is 2.32. The van der Waals surface area contributed by atoms with Gasteiger partial charge in [0.15, 0.2) is 10.6 Å². The summed E-state index contributed by atoms with van der Waals surface area (Å²) in [5.41, 5.74) is 8.88. The second kappa shape index (κ2) is 8.85. The van der Waals surface area contributed by atoms with Gasteiger partial charge < -0.3 is 10.6 Å². The summed E-state index contributed by atoms with van der Waals surface area (Å²) in [6.07, 6.45) is 2.37. The molecule has 160 valence electrons. The zero-order chi connectivity index (χ0) is 22.0. The lowest BCUT2D eigenvalue weighted by atomic mass is 10.1. The standard InChI is InChI=1S/C23H25N5O2S/c1-15-2-6-18(7-3-15)22-25-26-23(31)27(22)13-12-20(29)28(19-10-11-19)14-16-4-8-17(9-5-16)21(24)30/h2-9,19H,10-14H2,1H3,(H2,24,30)(H,26,31). The van der Waals surface area contributed by atoms with Gasteiger partial charge in [-0.15, -0.1) is 0 Å². The van der Waals surface area contributed by atoms with Gasteiger partial charge in [0.25, 0.3) is 0 Å². The molecule has 0 radical (unpaired) electrons. The van der Waals surface area contributed by atoms with Crippen LogP contribution in [0.25, 0.3) is 11.4 Å². The van der Waals surface area contributed by atoms with Crippen molar-refractivity contribution in [2.24, 2.45) is 5.73 Å². The predicted molar refractivity (Wildman–Crippen MR) is 121 cm³/mol. The Morgan fingerprint density at radius 1 is 1.16 bits per heavy atom. The molecule has 1 aliphatic rings. The Balaban J connectivity index is 1.46. The summed E-state index contributed by atoms with van der Waals surface area (Å²) in [5, 5.41) is 7.20. The molecule has 1 aromatic heterocycles. The number of nitrogens with one attached hydrogen (secondary N) is 1. The number of aromatic nitrogens is 3. The van der Waals surface area contributed by atoms with E-state index in [1.54, 1.807) is 12.1 Å². The molecule has 0 unspecified atom stereocenters. The minimum atomic E-state index is -0.456. The highest BCUT2D eigenvalue weighted by atomic mass is 32.1. The van der Waals surface area contributed by atoms with E-state index >= 15 is 0 Å². The third-order valence-corrected chi connectivity index (χ3v) is 5.83. The number of aryl methyl sites for hydroxylation is 1. The largest absolute Gasteiger partial charge is 0.366 e. The monoisotopic (exact) mass is 435 g/mol. The van der Waals surface area contributed by atoms with Crippen LogP contribution in [-0.2, 0) is 17.9 Å². The third kappa shape index (κ3) is 4.91. The number of carbonyl (C=O) groups is 2. The molecule has 4 rings (SSSR count). The van der Waals surface area contributed by atoms with Crippen LogP contribution in [0, 0.1) is 11.7 Å². The zero-order valence-corrected chi connectivity index (χ0v) is 18.2. The van der Waals surface area contributed by atoms with Gasteiger partial charge in [-0.2, -0.15) is 5.10 Å². The molecule has 1 aliphatic carbocycles.